The van der Waals surface area contributed by atoms with Gasteiger partial charge in [0.25, 0.3) is 0 Å². The number of rotatable bonds is 4. The van der Waals surface area contributed by atoms with Crippen LogP contribution in [0, 0.1) is 0 Å². The fourth-order valence-corrected chi connectivity index (χ4v) is 5.36. The molecule has 0 fully saturated rings. The highest BCUT2D eigenvalue weighted by Crippen LogP contribution is 2.35. The van der Waals surface area contributed by atoms with E-state index >= 15 is 0 Å². The zero-order valence-corrected chi connectivity index (χ0v) is 21.5. The molecule has 40 heavy (non-hydrogen) atoms. The van der Waals surface area contributed by atoms with E-state index < -0.39 is 0 Å². The van der Waals surface area contributed by atoms with Gasteiger partial charge in [0.05, 0.1) is 0 Å². The second-order valence-electron chi connectivity index (χ2n) is 9.80. The van der Waals surface area contributed by atoms with Gasteiger partial charge in [0, 0.05) is 23.2 Å². The lowest BCUT2D eigenvalue weighted by Gasteiger charge is -2.10. The summed E-state index contributed by atoms with van der Waals surface area (Å²) >= 11 is 0. The van der Waals surface area contributed by atoms with E-state index in [-0.39, 0.29) is 11.5 Å². The van der Waals surface area contributed by atoms with Crippen molar-refractivity contribution in [2.75, 3.05) is 0 Å². The number of aromatic nitrogens is 2. The number of nitrogens with zero attached hydrogens (tertiary/aromatic N) is 2. The molecule has 4 heteroatoms. The maximum absolute atomic E-state index is 10.2. The summed E-state index contributed by atoms with van der Waals surface area (Å²) < 4.78 is 0. The average molecular weight is 517 g/mol. The van der Waals surface area contributed by atoms with Crippen molar-refractivity contribution in [3.63, 3.8) is 0 Å². The Balaban J connectivity index is 1.14. The Bertz CT molecular complexity index is 1850. The molecule has 5 aromatic carbocycles. The van der Waals surface area contributed by atoms with Crippen molar-refractivity contribution in [2.45, 2.75) is 0 Å². The van der Waals surface area contributed by atoms with Crippen LogP contribution in [0.1, 0.15) is 0 Å². The van der Waals surface area contributed by atoms with Gasteiger partial charge in [-0.15, -0.1) is 0 Å². The van der Waals surface area contributed by atoms with Crippen LogP contribution in [0.2, 0.25) is 0 Å². The van der Waals surface area contributed by atoms with E-state index in [0.29, 0.717) is 11.0 Å². The smallest absolute Gasteiger partial charge is 0.141 e. The summed E-state index contributed by atoms with van der Waals surface area (Å²) in [4.78, 5) is 8.68. The Morgan fingerprint density at radius 3 is 1.02 bits per heavy atom. The van der Waals surface area contributed by atoms with E-state index in [1.165, 1.54) is 0 Å². The first-order valence-corrected chi connectivity index (χ1v) is 13.1. The Labute approximate surface area is 231 Å². The maximum Gasteiger partial charge on any atom is 0.141 e. The minimum Gasteiger partial charge on any atom is -0.506 e. The van der Waals surface area contributed by atoms with E-state index in [2.05, 4.69) is 82.8 Å². The van der Waals surface area contributed by atoms with Gasteiger partial charge in [-0.3, -0.25) is 9.97 Å². The van der Waals surface area contributed by atoms with E-state index in [1.807, 2.05) is 36.4 Å². The second kappa shape index (κ2) is 9.68. The summed E-state index contributed by atoms with van der Waals surface area (Å²) in [5, 5.41) is 22.2. The van der Waals surface area contributed by atoms with Crippen molar-refractivity contribution < 1.29 is 10.2 Å². The fourth-order valence-electron chi connectivity index (χ4n) is 5.36. The largest absolute Gasteiger partial charge is 0.506 e. The highest BCUT2D eigenvalue weighted by molar-refractivity contribution is 5.98. The van der Waals surface area contributed by atoms with Crippen molar-refractivity contribution in [1.82, 2.24) is 9.97 Å². The highest BCUT2D eigenvalue weighted by Gasteiger charge is 2.10. The Morgan fingerprint density at radius 2 is 0.675 bits per heavy atom. The monoisotopic (exact) mass is 516 g/mol. The third kappa shape index (κ3) is 4.12. The average Bonchev–Trinajstić information content (AvgIpc) is 3.02. The van der Waals surface area contributed by atoms with Crippen LogP contribution in [-0.4, -0.2) is 20.2 Å². The molecule has 0 aliphatic rings. The van der Waals surface area contributed by atoms with Crippen molar-refractivity contribution in [1.29, 1.82) is 0 Å². The topological polar surface area (TPSA) is 66.2 Å². The fraction of sp³-hybridized carbons (Fsp3) is 0. The first-order valence-electron chi connectivity index (χ1n) is 13.1. The molecule has 0 aliphatic heterocycles. The number of hydrogen-bond acceptors (Lipinski definition) is 4. The van der Waals surface area contributed by atoms with Gasteiger partial charge in [-0.25, -0.2) is 0 Å². The lowest BCUT2D eigenvalue weighted by molar-refractivity contribution is 0.480. The lowest BCUT2D eigenvalue weighted by atomic mass is 9.95. The first kappa shape index (κ1) is 23.6. The molecule has 0 amide bonds. The molecular weight excluding hydrogens is 492 g/mol. The SMILES string of the molecule is Oc1ccc(-c2ccc(-c3ccc(-c4ccc(-c5ccc(O)c6ncccc56)cc4)cc3)cc2)c2cccnc12. The van der Waals surface area contributed by atoms with Crippen molar-refractivity contribution in [3.8, 4) is 56.0 Å². The molecule has 0 aliphatic carbocycles. The molecule has 0 saturated heterocycles. The summed E-state index contributed by atoms with van der Waals surface area (Å²) in [5.74, 6) is 0.383. The van der Waals surface area contributed by atoms with Gasteiger partial charge in [-0.1, -0.05) is 84.9 Å². The number of pyridine rings is 2. The van der Waals surface area contributed by atoms with Crippen LogP contribution in [-0.2, 0) is 0 Å². The Morgan fingerprint density at radius 1 is 0.350 bits per heavy atom. The van der Waals surface area contributed by atoms with Gasteiger partial charge in [-0.2, -0.15) is 0 Å². The van der Waals surface area contributed by atoms with E-state index in [0.717, 1.165) is 55.3 Å². The van der Waals surface area contributed by atoms with Gasteiger partial charge in [-0.05, 0) is 80.9 Å². The summed E-state index contributed by atoms with van der Waals surface area (Å²) in [6.45, 7) is 0. The summed E-state index contributed by atoms with van der Waals surface area (Å²) in [7, 11) is 0. The van der Waals surface area contributed by atoms with Gasteiger partial charge in [0.2, 0.25) is 0 Å². The quantitative estimate of drug-likeness (QED) is 0.245. The number of phenols is 2. The number of fused-ring (bicyclic) bond motifs is 2. The van der Waals surface area contributed by atoms with Gasteiger partial charge < -0.3 is 10.2 Å². The molecule has 0 atom stereocenters. The normalized spacial score (nSPS) is 11.2. The van der Waals surface area contributed by atoms with Crippen LogP contribution >= 0.6 is 0 Å². The Kier molecular flexibility index (Phi) is 5.72. The minimum absolute atomic E-state index is 0.192. The lowest BCUT2D eigenvalue weighted by Crippen LogP contribution is -1.86. The predicted molar refractivity (Wildman–Crippen MR) is 162 cm³/mol. The number of hydrogen-bond donors (Lipinski definition) is 2. The van der Waals surface area contributed by atoms with Gasteiger partial charge in [0.1, 0.15) is 22.5 Å². The molecule has 0 spiro atoms. The third-order valence-corrected chi connectivity index (χ3v) is 7.44. The van der Waals surface area contributed by atoms with Crippen LogP contribution in [0.5, 0.6) is 11.5 Å². The first-order chi connectivity index (χ1) is 19.7. The van der Waals surface area contributed by atoms with E-state index in [1.54, 1.807) is 24.5 Å². The van der Waals surface area contributed by atoms with E-state index in [9.17, 15) is 10.2 Å². The van der Waals surface area contributed by atoms with Crippen LogP contribution in [0.3, 0.4) is 0 Å². The van der Waals surface area contributed by atoms with Gasteiger partial charge >= 0.3 is 0 Å². The molecule has 0 radical (unpaired) electrons. The molecule has 2 aromatic heterocycles. The molecule has 7 rings (SSSR count). The number of benzene rings is 5. The Hall–Kier alpha value is -5.48. The summed E-state index contributed by atoms with van der Waals surface area (Å²) in [6.07, 6.45) is 3.39. The number of aromatic hydroxyl groups is 2. The van der Waals surface area contributed by atoms with Crippen LogP contribution < -0.4 is 0 Å². The molecule has 0 bridgehead atoms. The maximum atomic E-state index is 10.2. The molecule has 0 saturated carbocycles. The molecule has 7 aromatic rings. The molecule has 0 unspecified atom stereocenters. The van der Waals surface area contributed by atoms with Crippen LogP contribution in [0.4, 0.5) is 0 Å². The standard InChI is InChI=1S/C36H24N2O2/c39-33-19-17-29(31-3-1-21-37-35(31)33)27-13-9-25(10-14-27)23-5-7-24(8-6-23)26-11-15-28(16-12-26)30-18-20-34(40)36-32(30)4-2-22-38-36/h1-22,39-40H. The molecule has 2 heterocycles. The summed E-state index contributed by atoms with van der Waals surface area (Å²) in [6, 6.07) is 40.6. The van der Waals surface area contributed by atoms with E-state index in [4.69, 9.17) is 0 Å². The van der Waals surface area contributed by atoms with Crippen molar-refractivity contribution in [2.24, 2.45) is 0 Å². The van der Waals surface area contributed by atoms with Crippen molar-refractivity contribution >= 4 is 21.8 Å². The van der Waals surface area contributed by atoms with Crippen LogP contribution in [0.15, 0.2) is 134 Å². The number of phenolic OH excluding ortho intramolecular Hbond substituents is 2. The zero-order chi connectivity index (χ0) is 27.1. The van der Waals surface area contributed by atoms with Crippen LogP contribution in [0.25, 0.3) is 66.3 Å². The van der Waals surface area contributed by atoms with Gasteiger partial charge in [0.15, 0.2) is 0 Å². The highest BCUT2D eigenvalue weighted by atomic mass is 16.3. The molecule has 4 nitrogen and oxygen atoms in total. The second-order valence-corrected chi connectivity index (χ2v) is 9.80. The minimum atomic E-state index is 0.192. The molecule has 190 valence electrons. The van der Waals surface area contributed by atoms with Crippen molar-refractivity contribution in [3.05, 3.63) is 134 Å². The predicted octanol–water partition coefficient (Wildman–Crippen LogP) is 8.86. The summed E-state index contributed by atoms with van der Waals surface area (Å²) in [5.41, 5.74) is 10.0. The molecule has 2 N–H and O–H groups in total. The zero-order valence-electron chi connectivity index (χ0n) is 21.5. The third-order valence-electron chi connectivity index (χ3n) is 7.44. The molecular formula is C36H24N2O2.